The lowest BCUT2D eigenvalue weighted by Gasteiger charge is -2.11. The number of hydrogen-bond acceptors (Lipinski definition) is 7. The fourth-order valence-electron chi connectivity index (χ4n) is 2.67. The van der Waals surface area contributed by atoms with Crippen LogP contribution in [-0.4, -0.2) is 29.6 Å². The molecule has 2 heterocycles. The molecule has 1 aromatic heterocycles. The van der Waals surface area contributed by atoms with Gasteiger partial charge in [0.1, 0.15) is 5.52 Å². The number of thioether (sulfide) groups is 1. The molecule has 0 bridgehead atoms. The van der Waals surface area contributed by atoms with Crippen molar-refractivity contribution in [3.8, 4) is 0 Å². The zero-order valence-corrected chi connectivity index (χ0v) is 14.5. The fraction of sp³-hybridized carbons (Fsp3) is 0.211. The first kappa shape index (κ1) is 16.7. The zero-order chi connectivity index (χ0) is 17.9. The maximum Gasteiger partial charge on any atom is 0.347 e. The molecular formula is C19H15NO5S. The Morgan fingerprint density at radius 3 is 2.81 bits per heavy atom. The van der Waals surface area contributed by atoms with Gasteiger partial charge in [0.05, 0.1) is 12.2 Å². The number of hydrogen-bond donors (Lipinski definition) is 0. The highest BCUT2D eigenvalue weighted by Gasteiger charge is 2.31. The van der Waals surface area contributed by atoms with Crippen molar-refractivity contribution in [2.45, 2.75) is 23.5 Å². The van der Waals surface area contributed by atoms with Crippen molar-refractivity contribution in [2.75, 3.05) is 6.61 Å². The highest BCUT2D eigenvalue weighted by Crippen LogP contribution is 2.27. The number of para-hydroxylation sites is 2. The second-order valence-corrected chi connectivity index (χ2v) is 6.67. The topological polar surface area (TPSA) is 78.6 Å². The normalized spacial score (nSPS) is 16.6. The van der Waals surface area contributed by atoms with Gasteiger partial charge in [0.2, 0.25) is 6.10 Å². The van der Waals surface area contributed by atoms with Crippen LogP contribution < -0.4 is 0 Å². The molecular weight excluding hydrogens is 354 g/mol. The second-order valence-electron chi connectivity index (χ2n) is 5.74. The highest BCUT2D eigenvalue weighted by atomic mass is 32.2. The SMILES string of the molecule is O=C(OC1CCOC1=O)c1ccccc1CSc1nc2ccccc2o1. The van der Waals surface area contributed by atoms with Crippen molar-refractivity contribution in [2.24, 2.45) is 0 Å². The molecule has 26 heavy (non-hydrogen) atoms. The molecule has 2 aromatic carbocycles. The molecule has 1 fully saturated rings. The van der Waals surface area contributed by atoms with Gasteiger partial charge in [-0.3, -0.25) is 0 Å². The molecule has 0 aliphatic carbocycles. The van der Waals surface area contributed by atoms with Gasteiger partial charge in [-0.25, -0.2) is 14.6 Å². The number of oxazole rings is 1. The van der Waals surface area contributed by atoms with E-state index in [1.807, 2.05) is 36.4 Å². The van der Waals surface area contributed by atoms with Crippen LogP contribution in [0.2, 0.25) is 0 Å². The summed E-state index contributed by atoms with van der Waals surface area (Å²) in [5.74, 6) is -0.521. The predicted molar refractivity (Wildman–Crippen MR) is 94.8 cm³/mol. The molecule has 0 amide bonds. The molecule has 1 saturated heterocycles. The Bertz CT molecular complexity index is 934. The number of ether oxygens (including phenoxy) is 2. The zero-order valence-electron chi connectivity index (χ0n) is 13.7. The Labute approximate surface area is 153 Å². The van der Waals surface area contributed by atoms with Crippen molar-refractivity contribution in [1.82, 2.24) is 4.98 Å². The van der Waals surface area contributed by atoms with E-state index in [-0.39, 0.29) is 6.61 Å². The van der Waals surface area contributed by atoms with Gasteiger partial charge < -0.3 is 13.9 Å². The van der Waals surface area contributed by atoms with Gasteiger partial charge in [0.15, 0.2) is 5.58 Å². The molecule has 6 nitrogen and oxygen atoms in total. The summed E-state index contributed by atoms with van der Waals surface area (Å²) < 4.78 is 15.8. The number of cyclic esters (lactones) is 1. The lowest BCUT2D eigenvalue weighted by molar-refractivity contribution is -0.145. The summed E-state index contributed by atoms with van der Waals surface area (Å²) in [5, 5.41) is 0.536. The number of esters is 2. The van der Waals surface area contributed by atoms with E-state index in [2.05, 4.69) is 4.98 Å². The van der Waals surface area contributed by atoms with E-state index >= 15 is 0 Å². The first-order valence-electron chi connectivity index (χ1n) is 8.14. The number of nitrogens with zero attached hydrogens (tertiary/aromatic N) is 1. The molecule has 1 aliphatic heterocycles. The minimum absolute atomic E-state index is 0.284. The maximum atomic E-state index is 12.4. The van der Waals surface area contributed by atoms with E-state index in [1.165, 1.54) is 11.8 Å². The third-order valence-electron chi connectivity index (χ3n) is 4.00. The Morgan fingerprint density at radius 1 is 1.19 bits per heavy atom. The Kier molecular flexibility index (Phi) is 4.62. The number of benzene rings is 2. The minimum atomic E-state index is -0.819. The number of fused-ring (bicyclic) bond motifs is 1. The molecule has 1 atom stereocenters. The third-order valence-corrected chi connectivity index (χ3v) is 4.88. The number of carbonyl (C=O) groups is 2. The molecule has 1 aliphatic rings. The highest BCUT2D eigenvalue weighted by molar-refractivity contribution is 7.98. The van der Waals surface area contributed by atoms with Gasteiger partial charge >= 0.3 is 11.9 Å². The smallest absolute Gasteiger partial charge is 0.347 e. The van der Waals surface area contributed by atoms with E-state index in [4.69, 9.17) is 13.9 Å². The summed E-state index contributed by atoms with van der Waals surface area (Å²) in [6, 6.07) is 14.7. The number of aromatic nitrogens is 1. The maximum absolute atomic E-state index is 12.4. The molecule has 0 N–H and O–H groups in total. The molecule has 0 radical (unpaired) electrons. The van der Waals surface area contributed by atoms with Crippen LogP contribution in [0.25, 0.3) is 11.1 Å². The summed E-state index contributed by atoms with van der Waals surface area (Å²) in [7, 11) is 0. The summed E-state index contributed by atoms with van der Waals surface area (Å²) >= 11 is 1.40. The lowest BCUT2D eigenvalue weighted by atomic mass is 10.1. The summed E-state index contributed by atoms with van der Waals surface area (Å²) in [5.41, 5.74) is 2.73. The van der Waals surface area contributed by atoms with Crippen molar-refractivity contribution >= 4 is 34.8 Å². The van der Waals surface area contributed by atoms with Crippen molar-refractivity contribution < 1.29 is 23.5 Å². The van der Waals surface area contributed by atoms with E-state index in [1.54, 1.807) is 12.1 Å². The van der Waals surface area contributed by atoms with Crippen LogP contribution in [0.1, 0.15) is 22.3 Å². The van der Waals surface area contributed by atoms with Gasteiger partial charge in [0, 0.05) is 12.2 Å². The number of rotatable bonds is 5. The van der Waals surface area contributed by atoms with Crippen LogP contribution in [0, 0.1) is 0 Å². The van der Waals surface area contributed by atoms with Gasteiger partial charge in [-0.15, -0.1) is 0 Å². The third kappa shape index (κ3) is 3.43. The van der Waals surface area contributed by atoms with Crippen LogP contribution in [0.4, 0.5) is 0 Å². The largest absolute Gasteiger partial charge is 0.463 e. The molecule has 7 heteroatoms. The lowest BCUT2D eigenvalue weighted by Crippen LogP contribution is -2.23. The van der Waals surface area contributed by atoms with E-state index in [0.717, 1.165) is 16.7 Å². The minimum Gasteiger partial charge on any atom is -0.463 e. The first-order valence-corrected chi connectivity index (χ1v) is 9.13. The molecule has 0 saturated carbocycles. The first-order chi connectivity index (χ1) is 12.7. The van der Waals surface area contributed by atoms with Gasteiger partial charge in [-0.2, -0.15) is 0 Å². The van der Waals surface area contributed by atoms with Crippen LogP contribution in [-0.2, 0) is 20.0 Å². The second kappa shape index (κ2) is 7.21. The van der Waals surface area contributed by atoms with Crippen LogP contribution >= 0.6 is 11.8 Å². The van der Waals surface area contributed by atoms with Crippen LogP contribution in [0.3, 0.4) is 0 Å². The van der Waals surface area contributed by atoms with Gasteiger partial charge in [-0.1, -0.05) is 42.1 Å². The van der Waals surface area contributed by atoms with Crippen molar-refractivity contribution in [3.05, 3.63) is 59.7 Å². The quantitative estimate of drug-likeness (QED) is 0.502. The van der Waals surface area contributed by atoms with Crippen molar-refractivity contribution in [1.29, 1.82) is 0 Å². The van der Waals surface area contributed by atoms with Crippen LogP contribution in [0.5, 0.6) is 0 Å². The van der Waals surface area contributed by atoms with Crippen molar-refractivity contribution in [3.63, 3.8) is 0 Å². The summed E-state index contributed by atoms with van der Waals surface area (Å²) in [6.07, 6.45) is -0.426. The monoisotopic (exact) mass is 369 g/mol. The summed E-state index contributed by atoms with van der Waals surface area (Å²) in [6.45, 7) is 0.284. The van der Waals surface area contributed by atoms with Crippen LogP contribution in [0.15, 0.2) is 58.2 Å². The Balaban J connectivity index is 1.48. The van der Waals surface area contributed by atoms with E-state index in [9.17, 15) is 9.59 Å². The van der Waals surface area contributed by atoms with Gasteiger partial charge in [0.25, 0.3) is 5.22 Å². The Hall–Kier alpha value is -2.80. The molecule has 1 unspecified atom stereocenters. The standard InChI is InChI=1S/C19H15NO5S/c21-17(24-16-9-10-23-18(16)22)13-6-2-1-5-12(13)11-26-19-20-14-7-3-4-8-15(14)25-19/h1-8,16H,9-11H2. The Morgan fingerprint density at radius 2 is 2.00 bits per heavy atom. The van der Waals surface area contributed by atoms with E-state index < -0.39 is 18.0 Å². The summed E-state index contributed by atoms with van der Waals surface area (Å²) in [4.78, 5) is 28.4. The average molecular weight is 369 g/mol. The fourth-order valence-corrected chi connectivity index (χ4v) is 3.52. The van der Waals surface area contributed by atoms with Gasteiger partial charge in [-0.05, 0) is 23.8 Å². The molecule has 132 valence electrons. The van der Waals surface area contributed by atoms with E-state index in [0.29, 0.717) is 23.0 Å². The average Bonchev–Trinajstić information content (AvgIpc) is 3.26. The molecule has 0 spiro atoms. The molecule has 4 rings (SSSR count). The molecule has 3 aromatic rings. The predicted octanol–water partition coefficient (Wildman–Crippen LogP) is 3.59. The number of carbonyl (C=O) groups excluding carboxylic acids is 2.